The van der Waals surface area contributed by atoms with Crippen molar-refractivity contribution in [1.29, 1.82) is 0 Å². The summed E-state index contributed by atoms with van der Waals surface area (Å²) in [7, 11) is 2.19. The van der Waals surface area contributed by atoms with Crippen LogP contribution in [0.2, 0.25) is 0 Å². The molecule has 1 aliphatic rings. The second kappa shape index (κ2) is 7.66. The molecule has 2 aromatic rings. The SMILES string of the molecule is C[NH+]1CCN(C(=O)[C@H](Sc2ccccc2)c2ccccc2)CC1. The summed E-state index contributed by atoms with van der Waals surface area (Å²) in [6, 6.07) is 20.3. The molecule has 1 amide bonds. The normalized spacial score (nSPS) is 17.0. The van der Waals surface area contributed by atoms with Crippen LogP contribution in [0.1, 0.15) is 10.8 Å². The Morgan fingerprint density at radius 3 is 2.17 bits per heavy atom. The number of hydrogen-bond acceptors (Lipinski definition) is 2. The van der Waals surface area contributed by atoms with E-state index in [0.717, 1.165) is 36.6 Å². The molecule has 0 radical (unpaired) electrons. The predicted molar refractivity (Wildman–Crippen MR) is 94.7 cm³/mol. The maximum absolute atomic E-state index is 13.1. The number of carbonyl (C=O) groups is 1. The molecule has 0 aliphatic carbocycles. The second-order valence-electron chi connectivity index (χ2n) is 6.00. The van der Waals surface area contributed by atoms with Gasteiger partial charge in [0.2, 0.25) is 5.91 Å². The Balaban J connectivity index is 1.81. The van der Waals surface area contributed by atoms with E-state index >= 15 is 0 Å². The van der Waals surface area contributed by atoms with Crippen molar-refractivity contribution in [2.75, 3.05) is 33.2 Å². The van der Waals surface area contributed by atoms with Crippen molar-refractivity contribution in [3.05, 3.63) is 66.2 Å². The third kappa shape index (κ3) is 4.15. The smallest absolute Gasteiger partial charge is 0.240 e. The van der Waals surface area contributed by atoms with E-state index in [1.807, 2.05) is 41.3 Å². The first-order valence-electron chi connectivity index (χ1n) is 8.11. The molecule has 1 N–H and O–H groups in total. The Hall–Kier alpha value is -1.78. The lowest BCUT2D eigenvalue weighted by molar-refractivity contribution is -0.883. The molecule has 120 valence electrons. The number of piperazine rings is 1. The van der Waals surface area contributed by atoms with Crippen LogP contribution >= 0.6 is 11.8 Å². The van der Waals surface area contributed by atoms with Crippen LogP contribution < -0.4 is 4.90 Å². The fraction of sp³-hybridized carbons (Fsp3) is 0.316. The van der Waals surface area contributed by atoms with E-state index in [2.05, 4.69) is 31.3 Å². The Labute approximate surface area is 142 Å². The largest absolute Gasteiger partial charge is 0.334 e. The Morgan fingerprint density at radius 1 is 1.00 bits per heavy atom. The number of carbonyl (C=O) groups excluding carboxylic acids is 1. The quantitative estimate of drug-likeness (QED) is 0.867. The molecule has 1 saturated heterocycles. The van der Waals surface area contributed by atoms with Gasteiger partial charge in [-0.2, -0.15) is 0 Å². The summed E-state index contributed by atoms with van der Waals surface area (Å²) in [6.07, 6.45) is 0. The maximum atomic E-state index is 13.1. The summed E-state index contributed by atoms with van der Waals surface area (Å²) >= 11 is 1.65. The van der Waals surface area contributed by atoms with E-state index in [9.17, 15) is 4.79 Å². The fourth-order valence-electron chi connectivity index (χ4n) is 2.80. The minimum atomic E-state index is -0.169. The number of quaternary nitrogens is 1. The minimum Gasteiger partial charge on any atom is -0.334 e. The average Bonchev–Trinajstić information content (AvgIpc) is 2.61. The summed E-state index contributed by atoms with van der Waals surface area (Å²) in [6.45, 7) is 3.76. The van der Waals surface area contributed by atoms with Gasteiger partial charge in [0.1, 0.15) is 5.25 Å². The topological polar surface area (TPSA) is 24.8 Å². The van der Waals surface area contributed by atoms with Gasteiger partial charge in [0.15, 0.2) is 0 Å². The first-order chi connectivity index (χ1) is 11.2. The van der Waals surface area contributed by atoms with Crippen molar-refractivity contribution in [1.82, 2.24) is 4.90 Å². The van der Waals surface area contributed by atoms with Gasteiger partial charge in [-0.05, 0) is 17.7 Å². The van der Waals surface area contributed by atoms with Gasteiger partial charge in [-0.15, -0.1) is 11.8 Å². The summed E-state index contributed by atoms with van der Waals surface area (Å²) in [5.41, 5.74) is 1.08. The number of hydrogen-bond donors (Lipinski definition) is 1. The number of rotatable bonds is 4. The molecule has 3 nitrogen and oxygen atoms in total. The van der Waals surface area contributed by atoms with E-state index in [4.69, 9.17) is 0 Å². The van der Waals surface area contributed by atoms with Gasteiger partial charge in [-0.25, -0.2) is 0 Å². The van der Waals surface area contributed by atoms with Crippen molar-refractivity contribution >= 4 is 17.7 Å². The standard InChI is InChI=1S/C19H22N2OS/c1-20-12-14-21(15-13-20)19(22)18(16-8-4-2-5-9-16)23-17-10-6-3-7-11-17/h2-11,18H,12-15H2,1H3/p+1/t18-/m1/s1. The molecule has 4 heteroatoms. The summed E-state index contributed by atoms with van der Waals surface area (Å²) < 4.78 is 0. The third-order valence-corrected chi connectivity index (χ3v) is 5.51. The summed E-state index contributed by atoms with van der Waals surface area (Å²) in [5, 5.41) is -0.169. The van der Waals surface area contributed by atoms with Crippen molar-refractivity contribution in [3.8, 4) is 0 Å². The van der Waals surface area contributed by atoms with Crippen LogP contribution in [0.4, 0.5) is 0 Å². The van der Waals surface area contributed by atoms with E-state index in [1.54, 1.807) is 11.8 Å². The monoisotopic (exact) mass is 327 g/mol. The fourth-order valence-corrected chi connectivity index (χ4v) is 3.93. The van der Waals surface area contributed by atoms with Crippen molar-refractivity contribution in [2.24, 2.45) is 0 Å². The predicted octanol–water partition coefficient (Wildman–Crippen LogP) is 1.88. The second-order valence-corrected chi connectivity index (χ2v) is 7.18. The van der Waals surface area contributed by atoms with Crippen molar-refractivity contribution in [2.45, 2.75) is 10.1 Å². The number of amides is 1. The molecule has 0 spiro atoms. The van der Waals surface area contributed by atoms with Crippen molar-refractivity contribution in [3.63, 3.8) is 0 Å². The third-order valence-electron chi connectivity index (χ3n) is 4.25. The molecule has 1 atom stereocenters. The number of thioether (sulfide) groups is 1. The lowest BCUT2D eigenvalue weighted by Gasteiger charge is -2.32. The molecule has 0 aromatic heterocycles. The highest BCUT2D eigenvalue weighted by Gasteiger charge is 2.29. The van der Waals surface area contributed by atoms with Crippen LogP contribution in [-0.4, -0.2) is 44.0 Å². The molecule has 2 aromatic carbocycles. The number of likely N-dealkylation sites (N-methyl/N-ethyl adjacent to an activating group) is 1. The Morgan fingerprint density at radius 2 is 1.57 bits per heavy atom. The van der Waals surface area contributed by atoms with Gasteiger partial charge >= 0.3 is 0 Å². The molecule has 0 unspecified atom stereocenters. The van der Waals surface area contributed by atoms with Crippen LogP contribution in [0.3, 0.4) is 0 Å². The zero-order valence-electron chi connectivity index (χ0n) is 13.4. The van der Waals surface area contributed by atoms with Crippen LogP contribution in [-0.2, 0) is 4.79 Å². The lowest BCUT2D eigenvalue weighted by Crippen LogP contribution is -3.12. The van der Waals surface area contributed by atoms with Gasteiger partial charge in [0.05, 0.1) is 33.2 Å². The molecular weight excluding hydrogens is 304 g/mol. The first kappa shape index (κ1) is 16.1. The van der Waals surface area contributed by atoms with Gasteiger partial charge in [-0.3, -0.25) is 4.79 Å². The molecule has 3 rings (SSSR count). The van der Waals surface area contributed by atoms with Gasteiger partial charge in [-0.1, -0.05) is 48.5 Å². The molecule has 0 bridgehead atoms. The van der Waals surface area contributed by atoms with Crippen molar-refractivity contribution < 1.29 is 9.69 Å². The lowest BCUT2D eigenvalue weighted by atomic mass is 10.1. The van der Waals surface area contributed by atoms with E-state index in [0.29, 0.717) is 0 Å². The first-order valence-corrected chi connectivity index (χ1v) is 8.99. The van der Waals surface area contributed by atoms with Crippen LogP contribution in [0.5, 0.6) is 0 Å². The highest BCUT2D eigenvalue weighted by atomic mass is 32.2. The van der Waals surface area contributed by atoms with E-state index in [-0.39, 0.29) is 11.2 Å². The summed E-state index contributed by atoms with van der Waals surface area (Å²) in [5.74, 6) is 0.234. The molecular formula is C19H23N2OS+. The summed E-state index contributed by atoms with van der Waals surface area (Å²) in [4.78, 5) is 17.8. The average molecular weight is 327 g/mol. The van der Waals surface area contributed by atoms with Gasteiger partial charge in [0, 0.05) is 4.90 Å². The van der Waals surface area contributed by atoms with Gasteiger partial charge in [0.25, 0.3) is 0 Å². The molecule has 23 heavy (non-hydrogen) atoms. The van der Waals surface area contributed by atoms with E-state index in [1.165, 1.54) is 4.90 Å². The Kier molecular flexibility index (Phi) is 5.36. The molecule has 1 heterocycles. The zero-order chi connectivity index (χ0) is 16.1. The number of nitrogens with one attached hydrogen (secondary N) is 1. The molecule has 1 fully saturated rings. The van der Waals surface area contributed by atoms with Gasteiger partial charge < -0.3 is 9.80 Å². The Bertz CT molecular complexity index is 624. The highest BCUT2D eigenvalue weighted by Crippen LogP contribution is 2.36. The highest BCUT2D eigenvalue weighted by molar-refractivity contribution is 8.00. The molecule has 0 saturated carbocycles. The zero-order valence-corrected chi connectivity index (χ0v) is 14.3. The minimum absolute atomic E-state index is 0.169. The number of nitrogens with zero attached hydrogens (tertiary/aromatic N) is 1. The maximum Gasteiger partial charge on any atom is 0.240 e. The van der Waals surface area contributed by atoms with Crippen LogP contribution in [0, 0.1) is 0 Å². The van der Waals surface area contributed by atoms with Crippen LogP contribution in [0.15, 0.2) is 65.6 Å². The van der Waals surface area contributed by atoms with E-state index < -0.39 is 0 Å². The number of benzene rings is 2. The molecule has 1 aliphatic heterocycles. The van der Waals surface area contributed by atoms with Crippen LogP contribution in [0.25, 0.3) is 0 Å².